The minimum atomic E-state index is -0.0461. The molecule has 2 aromatic rings. The Kier molecular flexibility index (Phi) is 6.35. The van der Waals surface area contributed by atoms with Gasteiger partial charge < -0.3 is 20.1 Å². The summed E-state index contributed by atoms with van der Waals surface area (Å²) in [4.78, 5) is 4.68. The van der Waals surface area contributed by atoms with Crippen molar-refractivity contribution < 1.29 is 9.47 Å². The summed E-state index contributed by atoms with van der Waals surface area (Å²) in [7, 11) is 0. The molecular formula is C19H27N5O2. The maximum absolute atomic E-state index is 5.97. The van der Waals surface area contributed by atoms with Gasteiger partial charge in [0.15, 0.2) is 17.5 Å². The van der Waals surface area contributed by atoms with Crippen molar-refractivity contribution in [2.75, 3.05) is 26.2 Å². The van der Waals surface area contributed by atoms with Crippen LogP contribution < -0.4 is 20.1 Å². The predicted octanol–water partition coefficient (Wildman–Crippen LogP) is 1.91. The van der Waals surface area contributed by atoms with Gasteiger partial charge in [0.2, 0.25) is 0 Å². The average Bonchev–Trinajstić information content (AvgIpc) is 3.17. The first-order chi connectivity index (χ1) is 12.7. The van der Waals surface area contributed by atoms with Crippen LogP contribution in [0.4, 0.5) is 0 Å². The molecule has 2 unspecified atom stereocenters. The Morgan fingerprint density at radius 3 is 2.92 bits per heavy atom. The molecular weight excluding hydrogens is 330 g/mol. The molecule has 0 bridgehead atoms. The summed E-state index contributed by atoms with van der Waals surface area (Å²) >= 11 is 0. The Morgan fingerprint density at radius 1 is 1.31 bits per heavy atom. The van der Waals surface area contributed by atoms with Gasteiger partial charge in [0.1, 0.15) is 12.7 Å². The summed E-state index contributed by atoms with van der Waals surface area (Å²) < 4.78 is 13.7. The number of nitrogens with zero attached hydrogens (tertiary/aromatic N) is 3. The highest BCUT2D eigenvalue weighted by Gasteiger charge is 2.20. The Labute approximate surface area is 154 Å². The smallest absolute Gasteiger partial charge is 0.191 e. The summed E-state index contributed by atoms with van der Waals surface area (Å²) in [5, 5.41) is 10.9. The summed E-state index contributed by atoms with van der Waals surface area (Å²) in [6.07, 6.45) is 3.73. The van der Waals surface area contributed by atoms with Gasteiger partial charge in [-0.1, -0.05) is 19.1 Å². The highest BCUT2D eigenvalue weighted by atomic mass is 16.6. The average molecular weight is 357 g/mol. The molecule has 140 valence electrons. The van der Waals surface area contributed by atoms with Crippen molar-refractivity contribution in [2.45, 2.75) is 26.5 Å². The van der Waals surface area contributed by atoms with E-state index in [-0.39, 0.29) is 6.10 Å². The number of guanidine groups is 1. The fourth-order valence-corrected chi connectivity index (χ4v) is 2.75. The number of aromatic nitrogens is 2. The normalized spacial score (nSPS) is 17.6. The number of nitrogens with one attached hydrogen (secondary N) is 2. The molecule has 1 aromatic carbocycles. The van der Waals surface area contributed by atoms with Crippen LogP contribution >= 0.6 is 0 Å². The first-order valence-electron chi connectivity index (χ1n) is 9.12. The van der Waals surface area contributed by atoms with Crippen molar-refractivity contribution in [3.8, 4) is 11.5 Å². The third kappa shape index (κ3) is 5.15. The van der Waals surface area contributed by atoms with Gasteiger partial charge in [0.25, 0.3) is 0 Å². The molecule has 2 atom stereocenters. The fraction of sp³-hybridized carbons (Fsp3) is 0.474. The van der Waals surface area contributed by atoms with E-state index in [1.807, 2.05) is 41.2 Å². The van der Waals surface area contributed by atoms with Crippen molar-refractivity contribution in [1.82, 2.24) is 20.4 Å². The van der Waals surface area contributed by atoms with Gasteiger partial charge in [0, 0.05) is 32.0 Å². The molecule has 0 radical (unpaired) electrons. The Balaban J connectivity index is 1.48. The van der Waals surface area contributed by atoms with Crippen molar-refractivity contribution in [1.29, 1.82) is 0 Å². The van der Waals surface area contributed by atoms with Gasteiger partial charge in [0.05, 0.1) is 6.54 Å². The lowest BCUT2D eigenvalue weighted by atomic mass is 10.2. The van der Waals surface area contributed by atoms with E-state index in [2.05, 4.69) is 34.6 Å². The molecule has 2 N–H and O–H groups in total. The summed E-state index contributed by atoms with van der Waals surface area (Å²) in [6.45, 7) is 7.77. The van der Waals surface area contributed by atoms with E-state index in [1.165, 1.54) is 0 Å². The first-order valence-corrected chi connectivity index (χ1v) is 9.12. The third-order valence-electron chi connectivity index (χ3n) is 4.03. The summed E-state index contributed by atoms with van der Waals surface area (Å²) in [5.74, 6) is 2.78. The van der Waals surface area contributed by atoms with E-state index < -0.39 is 0 Å². The SMILES string of the molecule is CCNC(=NCC(C)Cn1cccn1)NCC1COc2ccccc2O1. The first kappa shape index (κ1) is 18.1. The Hall–Kier alpha value is -2.70. The maximum Gasteiger partial charge on any atom is 0.191 e. The number of ether oxygens (including phenoxy) is 2. The van der Waals surface area contributed by atoms with Gasteiger partial charge >= 0.3 is 0 Å². The van der Waals surface area contributed by atoms with Gasteiger partial charge in [-0.15, -0.1) is 0 Å². The number of para-hydroxylation sites is 2. The molecule has 0 amide bonds. The zero-order chi connectivity index (χ0) is 18.2. The van der Waals surface area contributed by atoms with Gasteiger partial charge in [-0.2, -0.15) is 5.10 Å². The molecule has 26 heavy (non-hydrogen) atoms. The number of hydrogen-bond donors (Lipinski definition) is 2. The van der Waals surface area contributed by atoms with Gasteiger partial charge in [-0.05, 0) is 31.0 Å². The Morgan fingerprint density at radius 2 is 2.15 bits per heavy atom. The second-order valence-electron chi connectivity index (χ2n) is 6.43. The van der Waals surface area contributed by atoms with Gasteiger partial charge in [-0.3, -0.25) is 9.67 Å². The standard InChI is InChI=1S/C19H27N5O2/c1-3-20-19(21-11-15(2)13-24-10-6-9-23-24)22-12-16-14-25-17-7-4-5-8-18(17)26-16/h4-10,15-16H,3,11-14H2,1-2H3,(H2,20,21,22). The molecule has 1 aliphatic heterocycles. The number of fused-ring (bicyclic) bond motifs is 1. The third-order valence-corrected chi connectivity index (χ3v) is 4.03. The molecule has 1 aliphatic rings. The maximum atomic E-state index is 5.97. The highest BCUT2D eigenvalue weighted by Crippen LogP contribution is 2.30. The zero-order valence-electron chi connectivity index (χ0n) is 15.4. The van der Waals surface area contributed by atoms with Crippen LogP contribution in [-0.2, 0) is 6.54 Å². The minimum absolute atomic E-state index is 0.0461. The number of aliphatic imine (C=N–C) groups is 1. The van der Waals surface area contributed by atoms with E-state index in [9.17, 15) is 0 Å². The molecule has 0 aliphatic carbocycles. The highest BCUT2D eigenvalue weighted by molar-refractivity contribution is 5.79. The van der Waals surface area contributed by atoms with Crippen LogP contribution in [0.25, 0.3) is 0 Å². The van der Waals surface area contributed by atoms with Crippen molar-refractivity contribution in [3.05, 3.63) is 42.7 Å². The molecule has 3 rings (SSSR count). The van der Waals surface area contributed by atoms with Crippen LogP contribution in [0.15, 0.2) is 47.7 Å². The lowest BCUT2D eigenvalue weighted by Crippen LogP contribution is -2.45. The molecule has 7 heteroatoms. The monoisotopic (exact) mass is 357 g/mol. The second kappa shape index (κ2) is 9.12. The number of benzene rings is 1. The van der Waals surface area contributed by atoms with Crippen molar-refractivity contribution >= 4 is 5.96 Å². The summed E-state index contributed by atoms with van der Waals surface area (Å²) in [6, 6.07) is 9.68. The van der Waals surface area contributed by atoms with Crippen LogP contribution in [0.5, 0.6) is 11.5 Å². The minimum Gasteiger partial charge on any atom is -0.486 e. The van der Waals surface area contributed by atoms with E-state index >= 15 is 0 Å². The zero-order valence-corrected chi connectivity index (χ0v) is 15.4. The van der Waals surface area contributed by atoms with Crippen LogP contribution in [0.2, 0.25) is 0 Å². The second-order valence-corrected chi connectivity index (χ2v) is 6.43. The lowest BCUT2D eigenvalue weighted by molar-refractivity contribution is 0.0936. The quantitative estimate of drug-likeness (QED) is 0.585. The summed E-state index contributed by atoms with van der Waals surface area (Å²) in [5.41, 5.74) is 0. The number of hydrogen-bond acceptors (Lipinski definition) is 4. The van der Waals surface area contributed by atoms with Crippen LogP contribution in [0.1, 0.15) is 13.8 Å². The number of rotatable bonds is 7. The van der Waals surface area contributed by atoms with Crippen molar-refractivity contribution in [3.63, 3.8) is 0 Å². The van der Waals surface area contributed by atoms with E-state index in [1.54, 1.807) is 6.20 Å². The lowest BCUT2D eigenvalue weighted by Gasteiger charge is -2.27. The molecule has 0 spiro atoms. The van der Waals surface area contributed by atoms with Crippen LogP contribution in [0.3, 0.4) is 0 Å². The van der Waals surface area contributed by atoms with Crippen LogP contribution in [0, 0.1) is 5.92 Å². The molecule has 0 fully saturated rings. The largest absolute Gasteiger partial charge is 0.486 e. The molecule has 7 nitrogen and oxygen atoms in total. The Bertz CT molecular complexity index is 702. The van der Waals surface area contributed by atoms with Crippen molar-refractivity contribution in [2.24, 2.45) is 10.9 Å². The van der Waals surface area contributed by atoms with E-state index in [0.29, 0.717) is 19.1 Å². The fourth-order valence-electron chi connectivity index (χ4n) is 2.75. The van der Waals surface area contributed by atoms with E-state index in [0.717, 1.165) is 37.1 Å². The van der Waals surface area contributed by atoms with E-state index in [4.69, 9.17) is 9.47 Å². The molecule has 0 saturated carbocycles. The van der Waals surface area contributed by atoms with Gasteiger partial charge in [-0.25, -0.2) is 0 Å². The molecule has 1 aromatic heterocycles. The molecule has 2 heterocycles. The predicted molar refractivity (Wildman–Crippen MR) is 102 cm³/mol. The molecule has 0 saturated heterocycles. The van der Waals surface area contributed by atoms with Crippen LogP contribution in [-0.4, -0.2) is 48.1 Å². The topological polar surface area (TPSA) is 72.7 Å².